The molecular weight excluding hydrogens is 380 g/mol. The van der Waals surface area contributed by atoms with Gasteiger partial charge in [0.15, 0.2) is 5.72 Å². The van der Waals surface area contributed by atoms with Crippen molar-refractivity contribution in [3.8, 4) is 0 Å². The van der Waals surface area contributed by atoms with Crippen LogP contribution in [0.5, 0.6) is 0 Å². The lowest BCUT2D eigenvalue weighted by molar-refractivity contribution is -0.138. The predicted octanol–water partition coefficient (Wildman–Crippen LogP) is 0.0250. The monoisotopic (exact) mass is 408 g/mol. The standard InChI is InChI=1S/C19H28N2O6Si/c1-11-10-21(16(24)20-14(11)23)19(6)15(28)18(5,27-17(2,3)4)12(26-19)8-9-13(22)25-7/h8-10,12H,28H2,1-7H3,(H,20,23,24)/t12-,18-,19-/m1/s1. The van der Waals surface area contributed by atoms with Gasteiger partial charge in [-0.25, -0.2) is 9.59 Å². The minimum Gasteiger partial charge on any atom is -0.466 e. The lowest BCUT2D eigenvalue weighted by atomic mass is 9.91. The number of H-pyrrole nitrogens is 1. The number of aromatic nitrogens is 2. The van der Waals surface area contributed by atoms with Crippen LogP contribution in [0.4, 0.5) is 0 Å². The molecule has 0 amide bonds. The summed E-state index contributed by atoms with van der Waals surface area (Å²) in [6.45, 7) is 11.0. The summed E-state index contributed by atoms with van der Waals surface area (Å²) in [7, 11) is 2.87. The van der Waals surface area contributed by atoms with E-state index in [1.165, 1.54) is 23.9 Å². The van der Waals surface area contributed by atoms with Crippen LogP contribution >= 0.6 is 0 Å². The summed E-state index contributed by atoms with van der Waals surface area (Å²) in [6, 6.07) is 0. The first-order chi connectivity index (χ1) is 12.7. The van der Waals surface area contributed by atoms with Crippen LogP contribution in [0.2, 0.25) is 0 Å². The van der Waals surface area contributed by atoms with Crippen LogP contribution in [0.3, 0.4) is 0 Å². The molecule has 1 aromatic rings. The molecule has 0 aromatic carbocycles. The van der Waals surface area contributed by atoms with E-state index in [2.05, 4.69) is 9.72 Å². The normalized spacial score (nSPS) is 28.1. The molecule has 0 radical (unpaired) electrons. The highest BCUT2D eigenvalue weighted by Gasteiger charge is 2.57. The Balaban J connectivity index is 2.63. The number of ether oxygens (including phenoxy) is 3. The Morgan fingerprint density at radius 2 is 1.96 bits per heavy atom. The Morgan fingerprint density at radius 3 is 2.50 bits per heavy atom. The van der Waals surface area contributed by atoms with Gasteiger partial charge in [0.2, 0.25) is 0 Å². The van der Waals surface area contributed by atoms with Crippen molar-refractivity contribution in [2.24, 2.45) is 0 Å². The quantitative estimate of drug-likeness (QED) is 0.429. The van der Waals surface area contributed by atoms with Crippen molar-refractivity contribution in [2.75, 3.05) is 7.11 Å². The molecule has 28 heavy (non-hydrogen) atoms. The zero-order valence-electron chi connectivity index (χ0n) is 17.4. The van der Waals surface area contributed by atoms with Gasteiger partial charge in [0, 0.05) is 17.8 Å². The van der Waals surface area contributed by atoms with Crippen LogP contribution in [0.25, 0.3) is 0 Å². The number of esters is 1. The third-order valence-electron chi connectivity index (χ3n) is 4.76. The molecule has 0 saturated carbocycles. The first-order valence-electron chi connectivity index (χ1n) is 8.91. The van der Waals surface area contributed by atoms with Gasteiger partial charge in [-0.1, -0.05) is 0 Å². The molecule has 0 aliphatic carbocycles. The van der Waals surface area contributed by atoms with Gasteiger partial charge >= 0.3 is 11.7 Å². The summed E-state index contributed by atoms with van der Waals surface area (Å²) in [5.41, 5.74) is -3.28. The van der Waals surface area contributed by atoms with Gasteiger partial charge in [0.1, 0.15) is 11.7 Å². The van der Waals surface area contributed by atoms with Crippen LogP contribution in [-0.4, -0.2) is 55.0 Å². The molecule has 0 bridgehead atoms. The minimum absolute atomic E-state index is 0.382. The Bertz CT molecular complexity index is 941. The van der Waals surface area contributed by atoms with E-state index >= 15 is 0 Å². The van der Waals surface area contributed by atoms with E-state index in [-0.39, 0.29) is 0 Å². The van der Waals surface area contributed by atoms with Crippen molar-refractivity contribution in [3.05, 3.63) is 44.8 Å². The third kappa shape index (κ3) is 4.01. The average Bonchev–Trinajstić information content (AvgIpc) is 2.76. The second-order valence-electron chi connectivity index (χ2n) is 8.15. The molecule has 1 aromatic heterocycles. The Kier molecular flexibility index (Phi) is 5.85. The molecule has 1 saturated heterocycles. The number of carbonyl (C=O) groups excluding carboxylic acids is 1. The van der Waals surface area contributed by atoms with Gasteiger partial charge in [-0.3, -0.25) is 14.3 Å². The molecule has 1 fully saturated rings. The molecule has 0 unspecified atom stereocenters. The molecule has 1 N–H and O–H groups in total. The summed E-state index contributed by atoms with van der Waals surface area (Å²) in [5, 5.41) is 0.753. The highest BCUT2D eigenvalue weighted by molar-refractivity contribution is 6.43. The van der Waals surface area contributed by atoms with Crippen molar-refractivity contribution < 1.29 is 19.0 Å². The SMILES string of the molecule is COC(=O)C=C[C@H]1O[C@@](C)(n2cc(C)c(=O)[nH]c2=O)C(=[SiH2])[C@]1(C)OC(C)(C)C. The summed E-state index contributed by atoms with van der Waals surface area (Å²) >= 11 is 0. The number of carbonyl (C=O) groups is 1. The first-order valence-corrected chi connectivity index (χ1v) is 9.62. The van der Waals surface area contributed by atoms with E-state index < -0.39 is 40.2 Å². The number of rotatable bonds is 4. The van der Waals surface area contributed by atoms with E-state index in [0.717, 1.165) is 5.17 Å². The maximum Gasteiger partial charge on any atom is 0.330 e. The molecule has 1 aliphatic rings. The van der Waals surface area contributed by atoms with Crippen molar-refractivity contribution in [2.45, 2.75) is 64.6 Å². The summed E-state index contributed by atoms with van der Waals surface area (Å²) in [4.78, 5) is 38.2. The zero-order chi connectivity index (χ0) is 21.5. The van der Waals surface area contributed by atoms with Crippen molar-refractivity contribution in [1.82, 2.24) is 9.55 Å². The van der Waals surface area contributed by atoms with E-state index in [9.17, 15) is 14.4 Å². The lowest BCUT2D eigenvalue weighted by Gasteiger charge is -2.37. The number of nitrogens with zero attached hydrogens (tertiary/aromatic N) is 1. The van der Waals surface area contributed by atoms with Gasteiger partial charge in [-0.2, -0.15) is 0 Å². The second kappa shape index (κ2) is 7.38. The number of methoxy groups -OCH3 is 1. The highest BCUT2D eigenvalue weighted by atomic mass is 28.1. The largest absolute Gasteiger partial charge is 0.466 e. The summed E-state index contributed by atoms with van der Waals surface area (Å²) in [5.74, 6) is -0.521. The third-order valence-corrected chi connectivity index (χ3v) is 6.12. The van der Waals surface area contributed by atoms with Crippen molar-refractivity contribution in [1.29, 1.82) is 0 Å². The lowest BCUT2D eigenvalue weighted by Crippen LogP contribution is -2.53. The van der Waals surface area contributed by atoms with E-state index in [0.29, 0.717) is 5.56 Å². The van der Waals surface area contributed by atoms with Crippen LogP contribution in [0, 0.1) is 6.92 Å². The molecular formula is C19H28N2O6Si. The smallest absolute Gasteiger partial charge is 0.330 e. The van der Waals surface area contributed by atoms with Gasteiger partial charge in [0.25, 0.3) is 5.56 Å². The number of hydrogen-bond acceptors (Lipinski definition) is 6. The molecule has 2 heterocycles. The topological polar surface area (TPSA) is 99.6 Å². The summed E-state index contributed by atoms with van der Waals surface area (Å²) < 4.78 is 18.6. The van der Waals surface area contributed by atoms with E-state index in [4.69, 9.17) is 9.47 Å². The van der Waals surface area contributed by atoms with E-state index in [1.54, 1.807) is 29.8 Å². The van der Waals surface area contributed by atoms with Crippen LogP contribution in [-0.2, 0) is 24.7 Å². The fraction of sp³-hybridized carbons (Fsp3) is 0.579. The number of nitrogens with one attached hydrogen (secondary N) is 1. The predicted molar refractivity (Wildman–Crippen MR) is 109 cm³/mol. The maximum absolute atomic E-state index is 12.5. The van der Waals surface area contributed by atoms with Crippen LogP contribution in [0.15, 0.2) is 27.9 Å². The van der Waals surface area contributed by atoms with Gasteiger partial charge < -0.3 is 14.2 Å². The Labute approximate surface area is 166 Å². The molecule has 154 valence electrons. The number of aromatic amines is 1. The average molecular weight is 409 g/mol. The molecule has 2 rings (SSSR count). The number of hydrogen-bond donors (Lipinski definition) is 1. The first kappa shape index (κ1) is 22.2. The fourth-order valence-corrected chi connectivity index (χ4v) is 3.89. The van der Waals surface area contributed by atoms with Crippen molar-refractivity contribution in [3.63, 3.8) is 0 Å². The zero-order valence-corrected chi connectivity index (χ0v) is 18.8. The maximum atomic E-state index is 12.5. The molecule has 0 spiro atoms. The van der Waals surface area contributed by atoms with E-state index in [1.807, 2.05) is 27.7 Å². The molecule has 9 heteroatoms. The number of aryl methyl sites for hydroxylation is 1. The molecule has 8 nitrogen and oxygen atoms in total. The molecule has 1 aliphatic heterocycles. The van der Waals surface area contributed by atoms with Crippen LogP contribution < -0.4 is 11.2 Å². The van der Waals surface area contributed by atoms with Crippen molar-refractivity contribution >= 4 is 21.0 Å². The fourth-order valence-electron chi connectivity index (χ4n) is 3.36. The Morgan fingerprint density at radius 1 is 1.36 bits per heavy atom. The molecule has 3 atom stereocenters. The van der Waals surface area contributed by atoms with Crippen LogP contribution in [0.1, 0.15) is 40.2 Å². The highest BCUT2D eigenvalue weighted by Crippen LogP contribution is 2.42. The minimum atomic E-state index is -1.18. The second-order valence-corrected chi connectivity index (χ2v) is 8.85. The summed E-state index contributed by atoms with van der Waals surface area (Å²) in [6.07, 6.45) is 3.65. The van der Waals surface area contributed by atoms with Gasteiger partial charge in [-0.05, 0) is 62.6 Å². The van der Waals surface area contributed by atoms with Gasteiger partial charge in [-0.15, -0.1) is 0 Å². The van der Waals surface area contributed by atoms with Gasteiger partial charge in [0.05, 0.1) is 12.7 Å². The Hall–Kier alpha value is -2.10.